The highest BCUT2D eigenvalue weighted by Crippen LogP contribution is 2.37. The zero-order valence-electron chi connectivity index (χ0n) is 14.3. The van der Waals surface area contributed by atoms with Gasteiger partial charge in [-0.1, -0.05) is 28.1 Å². The lowest BCUT2D eigenvalue weighted by atomic mass is 10.1. The molecule has 1 heterocycles. The Morgan fingerprint density at radius 3 is 2.69 bits per heavy atom. The van der Waals surface area contributed by atoms with E-state index in [0.29, 0.717) is 28.0 Å². The monoisotopic (exact) mass is 432 g/mol. The van der Waals surface area contributed by atoms with Crippen molar-refractivity contribution >= 4 is 50.5 Å². The Balaban J connectivity index is 1.90. The average molecular weight is 433 g/mol. The molecule has 0 radical (unpaired) electrons. The number of halogens is 1. The second-order valence-electron chi connectivity index (χ2n) is 5.47. The molecule has 0 saturated carbocycles. The number of hydrogen-bond donors (Lipinski definition) is 1. The number of aromatic hydroxyl groups is 1. The number of para-hydroxylation sites is 1. The number of phenols is 1. The summed E-state index contributed by atoms with van der Waals surface area (Å²) >= 11 is 4.66. The van der Waals surface area contributed by atoms with Gasteiger partial charge in [-0.3, -0.25) is 9.69 Å². The van der Waals surface area contributed by atoms with Crippen molar-refractivity contribution in [2.24, 2.45) is 4.99 Å². The van der Waals surface area contributed by atoms with E-state index in [0.717, 1.165) is 10.2 Å². The number of ether oxygens (including phenoxy) is 1. The average Bonchev–Trinajstić information content (AvgIpc) is 2.88. The highest BCUT2D eigenvalue weighted by Gasteiger charge is 2.30. The second kappa shape index (κ2) is 7.97. The highest BCUT2D eigenvalue weighted by molar-refractivity contribution is 9.10. The van der Waals surface area contributed by atoms with E-state index in [4.69, 9.17) is 4.74 Å². The fourth-order valence-corrected chi connectivity index (χ4v) is 3.59. The maximum Gasteiger partial charge on any atom is 0.266 e. The molecule has 0 spiro atoms. The van der Waals surface area contributed by atoms with Crippen LogP contribution in [0.4, 0.5) is 5.69 Å². The van der Waals surface area contributed by atoms with Gasteiger partial charge in [-0.2, -0.15) is 0 Å². The molecule has 1 aliphatic heterocycles. The van der Waals surface area contributed by atoms with Gasteiger partial charge < -0.3 is 9.84 Å². The van der Waals surface area contributed by atoms with Gasteiger partial charge in [-0.05, 0) is 55.1 Å². The lowest BCUT2D eigenvalue weighted by molar-refractivity contribution is -0.121. The van der Waals surface area contributed by atoms with Gasteiger partial charge in [-0.15, -0.1) is 0 Å². The number of hydrogen-bond acceptors (Lipinski definition) is 5. The first-order valence-corrected chi connectivity index (χ1v) is 9.57. The third-order valence-electron chi connectivity index (χ3n) is 3.67. The third kappa shape index (κ3) is 3.94. The van der Waals surface area contributed by atoms with Crippen LogP contribution >= 0.6 is 27.7 Å². The van der Waals surface area contributed by atoms with Crippen LogP contribution in [0.3, 0.4) is 0 Å². The lowest BCUT2D eigenvalue weighted by Crippen LogP contribution is -2.23. The number of amides is 1. The Hall–Kier alpha value is -2.25. The summed E-state index contributed by atoms with van der Waals surface area (Å²) in [6.45, 7) is 2.30. The molecule has 3 rings (SSSR count). The first-order chi connectivity index (χ1) is 12.5. The molecule has 2 aromatic carbocycles. The minimum Gasteiger partial charge on any atom is -0.504 e. The van der Waals surface area contributed by atoms with Gasteiger partial charge in [0, 0.05) is 17.1 Å². The van der Waals surface area contributed by atoms with E-state index in [1.165, 1.54) is 16.7 Å². The quantitative estimate of drug-likeness (QED) is 0.705. The first kappa shape index (κ1) is 18.5. The molecule has 0 unspecified atom stereocenters. The molecule has 5 nitrogen and oxygen atoms in total. The number of carbonyl (C=O) groups is 1. The predicted molar refractivity (Wildman–Crippen MR) is 109 cm³/mol. The standard InChI is InChI=1S/C19H17BrN2O3S/c1-3-25-15-6-4-5-12(17(15)23)11-16-18(24)22(2)19(26-16)21-14-9-7-13(20)8-10-14/h4-11,23H,3H2,1-2H3. The van der Waals surface area contributed by atoms with Crippen LogP contribution in [0.25, 0.3) is 6.08 Å². The van der Waals surface area contributed by atoms with Crippen LogP contribution in [0.2, 0.25) is 0 Å². The number of likely N-dealkylation sites (N-methyl/N-ethyl adjacent to an activating group) is 1. The number of amidine groups is 1. The summed E-state index contributed by atoms with van der Waals surface area (Å²) in [6.07, 6.45) is 1.66. The Bertz CT molecular complexity index is 894. The fraction of sp³-hybridized carbons (Fsp3) is 0.158. The van der Waals surface area contributed by atoms with Crippen LogP contribution in [0.5, 0.6) is 11.5 Å². The maximum absolute atomic E-state index is 12.5. The first-order valence-electron chi connectivity index (χ1n) is 7.96. The number of thioether (sulfide) groups is 1. The zero-order valence-corrected chi connectivity index (χ0v) is 16.7. The SMILES string of the molecule is CCOc1cccc(C=C2SC(=Nc3ccc(Br)cc3)N(C)C2=O)c1O. The molecule has 2 aromatic rings. The summed E-state index contributed by atoms with van der Waals surface area (Å²) in [7, 11) is 1.68. The van der Waals surface area contributed by atoms with E-state index in [1.54, 1.807) is 31.3 Å². The zero-order chi connectivity index (χ0) is 18.7. The molecule has 1 aliphatic rings. The molecule has 1 fully saturated rings. The Kier molecular flexibility index (Phi) is 5.68. The van der Waals surface area contributed by atoms with Gasteiger partial charge in [0.15, 0.2) is 16.7 Å². The van der Waals surface area contributed by atoms with Crippen LogP contribution in [0, 0.1) is 0 Å². The number of rotatable bonds is 4. The Labute approximate surface area is 164 Å². The molecule has 0 aliphatic carbocycles. The van der Waals surface area contributed by atoms with E-state index in [1.807, 2.05) is 31.2 Å². The van der Waals surface area contributed by atoms with Gasteiger partial charge in [0.1, 0.15) is 0 Å². The van der Waals surface area contributed by atoms with Crippen molar-refractivity contribution in [3.05, 3.63) is 57.4 Å². The minimum absolute atomic E-state index is 0.0243. The molecule has 1 saturated heterocycles. The molecule has 1 amide bonds. The van der Waals surface area contributed by atoms with Gasteiger partial charge >= 0.3 is 0 Å². The molecule has 7 heteroatoms. The van der Waals surface area contributed by atoms with Crippen LogP contribution in [0.1, 0.15) is 12.5 Å². The molecule has 134 valence electrons. The molecule has 0 aromatic heterocycles. The molecule has 26 heavy (non-hydrogen) atoms. The molecule has 0 bridgehead atoms. The van der Waals surface area contributed by atoms with Crippen molar-refractivity contribution in [1.29, 1.82) is 0 Å². The van der Waals surface area contributed by atoms with Crippen molar-refractivity contribution < 1.29 is 14.6 Å². The molecular formula is C19H17BrN2O3S. The summed E-state index contributed by atoms with van der Waals surface area (Å²) in [4.78, 5) is 19.0. The van der Waals surface area contributed by atoms with Crippen LogP contribution in [0.15, 0.2) is 56.8 Å². The van der Waals surface area contributed by atoms with Gasteiger partial charge in [0.2, 0.25) is 0 Å². The predicted octanol–water partition coefficient (Wildman–Crippen LogP) is 4.79. The summed E-state index contributed by atoms with van der Waals surface area (Å²) in [5.41, 5.74) is 1.29. The topological polar surface area (TPSA) is 62.1 Å². The smallest absolute Gasteiger partial charge is 0.266 e. The van der Waals surface area contributed by atoms with Gasteiger partial charge in [0.25, 0.3) is 5.91 Å². The van der Waals surface area contributed by atoms with Crippen molar-refractivity contribution in [2.45, 2.75) is 6.92 Å². The summed E-state index contributed by atoms with van der Waals surface area (Å²) in [5.74, 6) is 0.262. The van der Waals surface area contributed by atoms with Crippen molar-refractivity contribution in [1.82, 2.24) is 4.90 Å². The molecular weight excluding hydrogens is 416 g/mol. The summed E-state index contributed by atoms with van der Waals surface area (Å²) < 4.78 is 6.36. The number of carbonyl (C=O) groups excluding carboxylic acids is 1. The number of benzene rings is 2. The summed E-state index contributed by atoms with van der Waals surface area (Å²) in [5, 5.41) is 10.9. The van der Waals surface area contributed by atoms with Crippen molar-refractivity contribution in [3.63, 3.8) is 0 Å². The van der Waals surface area contributed by atoms with Gasteiger partial charge in [-0.25, -0.2) is 4.99 Å². The highest BCUT2D eigenvalue weighted by atomic mass is 79.9. The van der Waals surface area contributed by atoms with Crippen LogP contribution < -0.4 is 4.74 Å². The Morgan fingerprint density at radius 1 is 1.27 bits per heavy atom. The van der Waals surface area contributed by atoms with Crippen LogP contribution in [-0.2, 0) is 4.79 Å². The van der Waals surface area contributed by atoms with Crippen molar-refractivity contribution in [3.8, 4) is 11.5 Å². The van der Waals surface area contributed by atoms with Crippen molar-refractivity contribution in [2.75, 3.05) is 13.7 Å². The Morgan fingerprint density at radius 2 is 2.00 bits per heavy atom. The molecule has 0 atom stereocenters. The number of phenolic OH excluding ortho intramolecular Hbond substituents is 1. The van der Waals surface area contributed by atoms with Gasteiger partial charge in [0.05, 0.1) is 17.2 Å². The second-order valence-corrected chi connectivity index (χ2v) is 7.40. The lowest BCUT2D eigenvalue weighted by Gasteiger charge is -2.08. The maximum atomic E-state index is 12.5. The fourth-order valence-electron chi connectivity index (χ4n) is 2.35. The normalized spacial score (nSPS) is 17.3. The number of aliphatic imine (C=N–C) groups is 1. The van der Waals surface area contributed by atoms with E-state index in [2.05, 4.69) is 20.9 Å². The largest absolute Gasteiger partial charge is 0.504 e. The van der Waals surface area contributed by atoms with E-state index >= 15 is 0 Å². The van der Waals surface area contributed by atoms with Crippen LogP contribution in [-0.4, -0.2) is 34.7 Å². The minimum atomic E-state index is -0.160. The van der Waals surface area contributed by atoms with E-state index in [-0.39, 0.29) is 11.7 Å². The third-order valence-corrected chi connectivity index (χ3v) is 5.26. The summed E-state index contributed by atoms with van der Waals surface area (Å²) in [6, 6.07) is 12.7. The van der Waals surface area contributed by atoms with E-state index < -0.39 is 0 Å². The molecule has 1 N–H and O–H groups in total. The van der Waals surface area contributed by atoms with E-state index in [9.17, 15) is 9.90 Å². The number of nitrogens with zero attached hydrogens (tertiary/aromatic N) is 2.